The fraction of sp³-hybridized carbons (Fsp3) is 0.471. The van der Waals surface area contributed by atoms with E-state index in [0.717, 1.165) is 11.3 Å². The number of imide groups is 1. The Bertz CT molecular complexity index is 628. The first-order valence-corrected chi connectivity index (χ1v) is 7.86. The third-order valence-corrected chi connectivity index (χ3v) is 3.95. The van der Waals surface area contributed by atoms with Crippen molar-refractivity contribution in [3.05, 3.63) is 29.8 Å². The zero-order valence-corrected chi connectivity index (χ0v) is 14.1. The molecule has 1 aromatic carbocycles. The van der Waals surface area contributed by atoms with Gasteiger partial charge in [-0.25, -0.2) is 4.79 Å². The number of rotatable bonds is 7. The normalized spacial score (nSPS) is 20.0. The molecule has 0 aliphatic carbocycles. The monoisotopic (exact) mass is 334 g/mol. The summed E-state index contributed by atoms with van der Waals surface area (Å²) >= 11 is 0. The molecule has 7 heteroatoms. The Morgan fingerprint density at radius 1 is 1.25 bits per heavy atom. The van der Waals surface area contributed by atoms with E-state index in [1.54, 1.807) is 38.3 Å². The second kappa shape index (κ2) is 7.33. The third kappa shape index (κ3) is 3.50. The molecule has 1 heterocycles. The molecule has 0 radical (unpaired) electrons. The van der Waals surface area contributed by atoms with Gasteiger partial charge in [-0.2, -0.15) is 0 Å². The van der Waals surface area contributed by atoms with Crippen LogP contribution < -0.4 is 10.1 Å². The van der Waals surface area contributed by atoms with E-state index >= 15 is 0 Å². The van der Waals surface area contributed by atoms with Crippen LogP contribution in [0.4, 0.5) is 4.79 Å². The van der Waals surface area contributed by atoms with E-state index < -0.39 is 17.5 Å². The molecule has 0 aromatic heterocycles. The summed E-state index contributed by atoms with van der Waals surface area (Å²) in [5, 5.41) is 2.70. The van der Waals surface area contributed by atoms with Crippen LogP contribution in [0.2, 0.25) is 0 Å². The highest BCUT2D eigenvalue weighted by Crippen LogP contribution is 2.30. The number of hydrogen-bond donors (Lipinski definition) is 1. The Morgan fingerprint density at radius 3 is 2.50 bits per heavy atom. The Morgan fingerprint density at radius 2 is 1.92 bits per heavy atom. The number of benzene rings is 1. The average molecular weight is 334 g/mol. The van der Waals surface area contributed by atoms with E-state index in [1.807, 2.05) is 6.92 Å². The van der Waals surface area contributed by atoms with Crippen LogP contribution in [0.1, 0.15) is 32.3 Å². The number of hydrogen-bond acceptors (Lipinski definition) is 5. The minimum atomic E-state index is -1.16. The number of carbonyl (C=O) groups excluding carboxylic acids is 3. The second-order valence-corrected chi connectivity index (χ2v) is 5.71. The topological polar surface area (TPSA) is 84.9 Å². The molecular formula is C17H22N2O5. The van der Waals surface area contributed by atoms with Crippen LogP contribution in [0, 0.1) is 0 Å². The van der Waals surface area contributed by atoms with Gasteiger partial charge in [-0.05, 0) is 31.0 Å². The first kappa shape index (κ1) is 17.8. The zero-order chi connectivity index (χ0) is 17.7. The molecule has 0 unspecified atom stereocenters. The minimum Gasteiger partial charge on any atom is -0.497 e. The summed E-state index contributed by atoms with van der Waals surface area (Å²) in [6.45, 7) is 3.87. The van der Waals surface area contributed by atoms with E-state index in [1.165, 1.54) is 0 Å². The highest BCUT2D eigenvalue weighted by Gasteiger charge is 2.48. The van der Waals surface area contributed by atoms with Crippen LogP contribution in [0.3, 0.4) is 0 Å². The molecule has 2 rings (SSSR count). The lowest BCUT2D eigenvalue weighted by atomic mass is 9.92. The number of nitrogens with one attached hydrogen (secondary N) is 1. The van der Waals surface area contributed by atoms with E-state index in [9.17, 15) is 14.4 Å². The third-order valence-electron chi connectivity index (χ3n) is 3.95. The number of esters is 1. The van der Waals surface area contributed by atoms with Gasteiger partial charge in [-0.15, -0.1) is 0 Å². The van der Waals surface area contributed by atoms with Gasteiger partial charge in [0.15, 0.2) is 0 Å². The zero-order valence-electron chi connectivity index (χ0n) is 14.1. The van der Waals surface area contributed by atoms with Crippen LogP contribution in [-0.4, -0.2) is 43.1 Å². The van der Waals surface area contributed by atoms with Crippen LogP contribution >= 0.6 is 0 Å². The highest BCUT2D eigenvalue weighted by molar-refractivity contribution is 6.07. The molecular weight excluding hydrogens is 312 g/mol. The fourth-order valence-electron chi connectivity index (χ4n) is 2.51. The molecule has 1 fully saturated rings. The van der Waals surface area contributed by atoms with Crippen LogP contribution in [0.15, 0.2) is 24.3 Å². The summed E-state index contributed by atoms with van der Waals surface area (Å²) in [6.07, 6.45) is 0.711. The van der Waals surface area contributed by atoms with E-state index in [-0.39, 0.29) is 18.9 Å². The SMILES string of the molecule is CCCOC(=O)CCN1C(=O)N[C@](C)(c2ccc(OC)cc2)C1=O. The van der Waals surface area contributed by atoms with Crippen molar-refractivity contribution in [3.63, 3.8) is 0 Å². The van der Waals surface area contributed by atoms with Gasteiger partial charge in [-0.1, -0.05) is 19.1 Å². The summed E-state index contributed by atoms with van der Waals surface area (Å²) in [7, 11) is 1.55. The van der Waals surface area contributed by atoms with Crippen molar-refractivity contribution in [3.8, 4) is 5.75 Å². The molecule has 130 valence electrons. The van der Waals surface area contributed by atoms with Crippen molar-refractivity contribution >= 4 is 17.9 Å². The standard InChI is InChI=1S/C17H22N2O5/c1-4-11-24-14(20)9-10-19-15(21)17(2,18-16(19)22)12-5-7-13(23-3)8-6-12/h5-8H,4,9-11H2,1-3H3,(H,18,22)/t17-/m1/s1. The summed E-state index contributed by atoms with van der Waals surface area (Å²) in [4.78, 5) is 37.4. The quantitative estimate of drug-likeness (QED) is 0.607. The van der Waals surface area contributed by atoms with Gasteiger partial charge in [0.25, 0.3) is 5.91 Å². The largest absolute Gasteiger partial charge is 0.497 e. The minimum absolute atomic E-state index is 0.00103. The van der Waals surface area contributed by atoms with Gasteiger partial charge in [0.05, 0.1) is 20.1 Å². The summed E-state index contributed by atoms with van der Waals surface area (Å²) < 4.78 is 10.1. The second-order valence-electron chi connectivity index (χ2n) is 5.71. The first-order valence-electron chi connectivity index (χ1n) is 7.86. The Labute approximate surface area is 140 Å². The van der Waals surface area contributed by atoms with E-state index in [2.05, 4.69) is 5.32 Å². The van der Waals surface area contributed by atoms with Crippen LogP contribution in [0.25, 0.3) is 0 Å². The lowest BCUT2D eigenvalue weighted by Crippen LogP contribution is -2.41. The molecule has 1 saturated heterocycles. The molecule has 1 aliphatic heterocycles. The van der Waals surface area contributed by atoms with Gasteiger partial charge >= 0.3 is 12.0 Å². The Hall–Kier alpha value is -2.57. The van der Waals surface area contributed by atoms with Crippen molar-refractivity contribution in [2.24, 2.45) is 0 Å². The van der Waals surface area contributed by atoms with Gasteiger partial charge in [0.2, 0.25) is 0 Å². The van der Waals surface area contributed by atoms with Crippen molar-refractivity contribution in [1.82, 2.24) is 10.2 Å². The maximum Gasteiger partial charge on any atom is 0.325 e. The maximum absolute atomic E-state index is 12.7. The number of nitrogens with zero attached hydrogens (tertiary/aromatic N) is 1. The fourth-order valence-corrected chi connectivity index (χ4v) is 2.51. The molecule has 0 bridgehead atoms. The van der Waals surface area contributed by atoms with Gasteiger partial charge in [0, 0.05) is 6.54 Å². The molecule has 0 spiro atoms. The predicted octanol–water partition coefficient (Wildman–Crippen LogP) is 1.81. The number of ether oxygens (including phenoxy) is 2. The average Bonchev–Trinajstić information content (AvgIpc) is 2.81. The van der Waals surface area contributed by atoms with E-state index in [4.69, 9.17) is 9.47 Å². The van der Waals surface area contributed by atoms with Crippen molar-refractivity contribution < 1.29 is 23.9 Å². The number of urea groups is 1. The van der Waals surface area contributed by atoms with Crippen LogP contribution in [0.5, 0.6) is 5.75 Å². The molecule has 24 heavy (non-hydrogen) atoms. The summed E-state index contributed by atoms with van der Waals surface area (Å²) in [5.74, 6) is -0.147. The lowest BCUT2D eigenvalue weighted by molar-refractivity contribution is -0.144. The first-order chi connectivity index (χ1) is 11.4. The van der Waals surface area contributed by atoms with Gasteiger partial charge in [-0.3, -0.25) is 14.5 Å². The van der Waals surface area contributed by atoms with E-state index in [0.29, 0.717) is 17.9 Å². The van der Waals surface area contributed by atoms with Gasteiger partial charge in [0.1, 0.15) is 11.3 Å². The highest BCUT2D eigenvalue weighted by atomic mass is 16.5. The summed E-state index contributed by atoms with van der Waals surface area (Å²) in [6, 6.07) is 6.41. The molecule has 1 aliphatic rings. The number of carbonyl (C=O) groups is 3. The number of amides is 3. The Balaban J connectivity index is 2.07. The molecule has 1 atom stereocenters. The molecule has 0 saturated carbocycles. The predicted molar refractivity (Wildman–Crippen MR) is 86.5 cm³/mol. The summed E-state index contributed by atoms with van der Waals surface area (Å²) in [5.41, 5.74) is -0.505. The number of methoxy groups -OCH3 is 1. The van der Waals surface area contributed by atoms with Crippen molar-refractivity contribution in [1.29, 1.82) is 0 Å². The molecule has 7 nitrogen and oxygen atoms in total. The molecule has 1 aromatic rings. The smallest absolute Gasteiger partial charge is 0.325 e. The molecule has 3 amide bonds. The van der Waals surface area contributed by atoms with Crippen molar-refractivity contribution in [2.45, 2.75) is 32.2 Å². The van der Waals surface area contributed by atoms with Crippen molar-refractivity contribution in [2.75, 3.05) is 20.3 Å². The maximum atomic E-state index is 12.7. The van der Waals surface area contributed by atoms with Gasteiger partial charge < -0.3 is 14.8 Å². The lowest BCUT2D eigenvalue weighted by Gasteiger charge is -2.22. The molecule has 1 N–H and O–H groups in total. The van der Waals surface area contributed by atoms with Crippen LogP contribution in [-0.2, 0) is 19.9 Å². The Kier molecular flexibility index (Phi) is 5.43.